The smallest absolute Gasteiger partial charge is 0.465 e. The number of carbonyl (C=O) groups excluding carboxylic acids is 1. The van der Waals surface area contributed by atoms with Crippen molar-refractivity contribution in [3.05, 3.63) is 23.4 Å². The molecule has 0 aliphatic rings. The number of esters is 1. The van der Waals surface area contributed by atoms with Gasteiger partial charge in [-0.3, -0.25) is 0 Å². The minimum absolute atomic E-state index is 0. The van der Waals surface area contributed by atoms with E-state index in [2.05, 4.69) is 9.98 Å². The second kappa shape index (κ2) is 6.97. The Morgan fingerprint density at radius 2 is 2.00 bits per heavy atom. The van der Waals surface area contributed by atoms with Crippen LogP contribution in [0.1, 0.15) is 42.5 Å². The normalized spacial score (nSPS) is 9.24. The van der Waals surface area contributed by atoms with E-state index in [1.165, 1.54) is 7.11 Å². The topological polar surface area (TPSA) is 54.5 Å². The number of nitrogens with zero attached hydrogens (tertiary/aromatic N) is 1. The summed E-state index contributed by atoms with van der Waals surface area (Å²) in [6.45, 7) is 7.61. The molecule has 1 N–H and O–H groups in total. The zero-order valence-corrected chi connectivity index (χ0v) is 13.8. The predicted molar refractivity (Wildman–Crippen MR) is 64.4 cm³/mol. The average molecular weight is 310 g/mol. The van der Waals surface area contributed by atoms with Crippen molar-refractivity contribution in [2.45, 2.75) is 27.7 Å². The molecule has 0 fully saturated rings. The zero-order valence-electron chi connectivity index (χ0n) is 10.9. The summed E-state index contributed by atoms with van der Waals surface area (Å²) in [5, 5.41) is 0. The summed E-state index contributed by atoms with van der Waals surface area (Å²) >= 11 is 0. The van der Waals surface area contributed by atoms with E-state index >= 15 is 0 Å². The predicted octanol–water partition coefficient (Wildman–Crippen LogP) is 2.79. The Balaban J connectivity index is 0.00000256. The monoisotopic (exact) mass is 310 g/mol. The van der Waals surface area contributed by atoms with Gasteiger partial charge in [-0.25, -0.2) is 4.79 Å². The standard InChI is InChI=1S/C12H17N2O2.Y/c1-6-9-8(4)14-11(12(15)16-5)10(9)13-7(2)3;/h6,14H,1-5H3;/q-1;+3. The molecule has 0 amide bonds. The molecule has 0 bridgehead atoms. The minimum atomic E-state index is -0.392. The molecule has 0 saturated heterocycles. The van der Waals surface area contributed by atoms with Crippen molar-refractivity contribution < 1.29 is 42.2 Å². The molecule has 1 aromatic rings. The van der Waals surface area contributed by atoms with Crippen molar-refractivity contribution in [3.8, 4) is 0 Å². The van der Waals surface area contributed by atoms with Gasteiger partial charge in [0.25, 0.3) is 0 Å². The molecule has 17 heavy (non-hydrogen) atoms. The maximum atomic E-state index is 11.6. The van der Waals surface area contributed by atoms with E-state index in [1.807, 2.05) is 34.1 Å². The van der Waals surface area contributed by atoms with Crippen LogP contribution in [0.25, 0.3) is 0 Å². The summed E-state index contributed by atoms with van der Waals surface area (Å²) in [4.78, 5) is 18.9. The molecule has 0 aliphatic heterocycles. The van der Waals surface area contributed by atoms with Gasteiger partial charge in [0.1, 0.15) is 0 Å². The Bertz CT molecular complexity index is 432. The first-order valence-corrected chi connectivity index (χ1v) is 5.13. The molecule has 1 aromatic heterocycles. The number of aromatic amines is 1. The van der Waals surface area contributed by atoms with E-state index in [4.69, 9.17) is 4.74 Å². The van der Waals surface area contributed by atoms with Crippen molar-refractivity contribution in [1.29, 1.82) is 0 Å². The third-order valence-corrected chi connectivity index (χ3v) is 2.22. The van der Waals surface area contributed by atoms with E-state index < -0.39 is 5.97 Å². The van der Waals surface area contributed by atoms with Crippen LogP contribution in [0.3, 0.4) is 0 Å². The molecule has 0 saturated carbocycles. The molecule has 0 radical (unpaired) electrons. The van der Waals surface area contributed by atoms with E-state index in [-0.39, 0.29) is 32.7 Å². The van der Waals surface area contributed by atoms with Crippen molar-refractivity contribution in [2.75, 3.05) is 7.11 Å². The maximum Gasteiger partial charge on any atom is 3.00 e. The van der Waals surface area contributed by atoms with E-state index in [0.717, 1.165) is 17.0 Å². The summed E-state index contributed by atoms with van der Waals surface area (Å²) < 4.78 is 4.72. The molecule has 4 nitrogen and oxygen atoms in total. The molecule has 1 rings (SSSR count). The molecule has 1 heterocycles. The SMILES string of the molecule is C[CH-]c1c(C)[nH]c(C(=O)OC)c1N=C(C)C.[Y+3]. The molecule has 0 aliphatic carbocycles. The first-order chi connectivity index (χ1) is 7.51. The Labute approximate surface area is 127 Å². The van der Waals surface area contributed by atoms with E-state index in [1.54, 1.807) is 0 Å². The van der Waals surface area contributed by atoms with Crippen LogP contribution in [-0.4, -0.2) is 23.8 Å². The van der Waals surface area contributed by atoms with Crippen LogP contribution in [0.5, 0.6) is 0 Å². The number of hydrogen-bond donors (Lipinski definition) is 1. The van der Waals surface area contributed by atoms with E-state index in [9.17, 15) is 4.79 Å². The number of methoxy groups -OCH3 is 1. The molecule has 88 valence electrons. The van der Waals surface area contributed by atoms with Crippen LogP contribution in [0, 0.1) is 13.3 Å². The van der Waals surface area contributed by atoms with Crippen molar-refractivity contribution in [2.24, 2.45) is 4.99 Å². The van der Waals surface area contributed by atoms with Gasteiger partial charge in [0.2, 0.25) is 0 Å². The zero-order chi connectivity index (χ0) is 12.3. The Hall–Kier alpha value is -0.606. The van der Waals surface area contributed by atoms with Crippen molar-refractivity contribution in [1.82, 2.24) is 4.98 Å². The van der Waals surface area contributed by atoms with Gasteiger partial charge < -0.3 is 14.7 Å². The Morgan fingerprint density at radius 1 is 1.41 bits per heavy atom. The fraction of sp³-hybridized carbons (Fsp3) is 0.417. The molecule has 0 atom stereocenters. The number of carbonyl (C=O) groups is 1. The van der Waals surface area contributed by atoms with Crippen molar-refractivity contribution >= 4 is 17.4 Å². The fourth-order valence-electron chi connectivity index (χ4n) is 1.57. The number of H-pyrrole nitrogens is 1. The summed E-state index contributed by atoms with van der Waals surface area (Å²) in [6, 6.07) is 0. The Morgan fingerprint density at radius 3 is 2.41 bits per heavy atom. The van der Waals surface area contributed by atoms with Crippen LogP contribution >= 0.6 is 0 Å². The quantitative estimate of drug-likeness (QED) is 0.530. The number of ether oxygens (including phenoxy) is 1. The third kappa shape index (κ3) is 3.68. The Kier molecular flexibility index (Phi) is 6.72. The third-order valence-electron chi connectivity index (χ3n) is 2.22. The largest absolute Gasteiger partial charge is 3.00 e. The number of hydrogen-bond acceptors (Lipinski definition) is 3. The number of nitrogens with one attached hydrogen (secondary N) is 1. The average Bonchev–Trinajstić information content (AvgIpc) is 2.53. The van der Waals surface area contributed by atoms with Gasteiger partial charge >= 0.3 is 38.7 Å². The molecule has 0 unspecified atom stereocenters. The van der Waals surface area contributed by atoms with Gasteiger partial charge in [-0.1, -0.05) is 19.5 Å². The second-order valence-electron chi connectivity index (χ2n) is 3.73. The van der Waals surface area contributed by atoms with Crippen LogP contribution in [-0.2, 0) is 37.4 Å². The first-order valence-electron chi connectivity index (χ1n) is 5.13. The molecule has 5 heteroatoms. The van der Waals surface area contributed by atoms with Gasteiger partial charge in [-0.2, -0.15) is 6.42 Å². The molecule has 0 aromatic carbocycles. The van der Waals surface area contributed by atoms with Crippen LogP contribution in [0.2, 0.25) is 0 Å². The van der Waals surface area contributed by atoms with Crippen LogP contribution < -0.4 is 0 Å². The second-order valence-corrected chi connectivity index (χ2v) is 3.73. The summed E-state index contributed by atoms with van der Waals surface area (Å²) in [5.74, 6) is -0.392. The van der Waals surface area contributed by atoms with Gasteiger partial charge in [-0.05, 0) is 25.2 Å². The number of aromatic nitrogens is 1. The van der Waals surface area contributed by atoms with Gasteiger partial charge in [0.15, 0.2) is 0 Å². The molecule has 0 spiro atoms. The number of aryl methyl sites for hydroxylation is 1. The van der Waals surface area contributed by atoms with Crippen molar-refractivity contribution in [3.63, 3.8) is 0 Å². The minimum Gasteiger partial charge on any atom is -0.465 e. The van der Waals surface area contributed by atoms with Crippen LogP contribution in [0.4, 0.5) is 5.69 Å². The van der Waals surface area contributed by atoms with Crippen LogP contribution in [0.15, 0.2) is 4.99 Å². The molecular weight excluding hydrogens is 293 g/mol. The van der Waals surface area contributed by atoms with Gasteiger partial charge in [0.05, 0.1) is 12.8 Å². The maximum absolute atomic E-state index is 11.6. The molecular formula is C12H17N2O2Y+2. The number of rotatable bonds is 3. The number of aliphatic imine (C=N–C) groups is 1. The summed E-state index contributed by atoms with van der Waals surface area (Å²) in [7, 11) is 1.36. The van der Waals surface area contributed by atoms with Gasteiger partial charge in [-0.15, -0.1) is 5.56 Å². The first kappa shape index (κ1) is 16.4. The van der Waals surface area contributed by atoms with E-state index in [0.29, 0.717) is 11.4 Å². The summed E-state index contributed by atoms with van der Waals surface area (Å²) in [6.07, 6.45) is 1.93. The van der Waals surface area contributed by atoms with Gasteiger partial charge in [0, 0.05) is 0 Å². The summed E-state index contributed by atoms with van der Waals surface area (Å²) in [5.41, 5.74) is 3.83. The fourth-order valence-corrected chi connectivity index (χ4v) is 1.57.